The number of hydrogen-bond donors (Lipinski definition) is 1. The molecule has 0 spiro atoms. The lowest BCUT2D eigenvalue weighted by molar-refractivity contribution is -0.143. The molecule has 194 valence electrons. The van der Waals surface area contributed by atoms with Crippen LogP contribution in [0, 0.1) is 0 Å². The van der Waals surface area contributed by atoms with Gasteiger partial charge in [-0.25, -0.2) is 0 Å². The molecular formula is C30H32Cl2N2O3. The molecule has 0 aromatic heterocycles. The van der Waals surface area contributed by atoms with E-state index in [0.717, 1.165) is 31.2 Å². The third-order valence-electron chi connectivity index (χ3n) is 6.68. The molecule has 0 radical (unpaired) electrons. The largest absolute Gasteiger partial charge is 0.484 e. The average molecular weight is 540 g/mol. The van der Waals surface area contributed by atoms with Gasteiger partial charge in [-0.1, -0.05) is 97.1 Å². The zero-order chi connectivity index (χ0) is 26.0. The van der Waals surface area contributed by atoms with Crippen molar-refractivity contribution in [2.75, 3.05) is 6.61 Å². The zero-order valence-corrected chi connectivity index (χ0v) is 22.3. The highest BCUT2D eigenvalue weighted by atomic mass is 35.5. The summed E-state index contributed by atoms with van der Waals surface area (Å²) < 4.78 is 5.79. The van der Waals surface area contributed by atoms with E-state index in [-0.39, 0.29) is 31.0 Å². The molecule has 0 saturated heterocycles. The van der Waals surface area contributed by atoms with Crippen molar-refractivity contribution in [2.45, 2.75) is 57.2 Å². The smallest absolute Gasteiger partial charge is 0.261 e. The number of nitrogens with one attached hydrogen (secondary N) is 1. The van der Waals surface area contributed by atoms with Gasteiger partial charge in [0.2, 0.25) is 5.91 Å². The number of carbonyl (C=O) groups excluding carboxylic acids is 2. The van der Waals surface area contributed by atoms with Gasteiger partial charge in [0.05, 0.1) is 0 Å². The molecule has 37 heavy (non-hydrogen) atoms. The normalized spacial score (nSPS) is 14.5. The van der Waals surface area contributed by atoms with Crippen molar-refractivity contribution >= 4 is 35.0 Å². The van der Waals surface area contributed by atoms with E-state index in [1.807, 2.05) is 48.5 Å². The first-order chi connectivity index (χ1) is 18.0. The van der Waals surface area contributed by atoms with Gasteiger partial charge in [0.1, 0.15) is 11.8 Å². The summed E-state index contributed by atoms with van der Waals surface area (Å²) in [4.78, 5) is 29.0. The molecule has 1 saturated carbocycles. The molecule has 0 aliphatic heterocycles. The molecular weight excluding hydrogens is 507 g/mol. The maximum Gasteiger partial charge on any atom is 0.261 e. The average Bonchev–Trinajstić information content (AvgIpc) is 2.92. The Balaban J connectivity index is 1.63. The van der Waals surface area contributed by atoms with E-state index >= 15 is 0 Å². The third kappa shape index (κ3) is 7.98. The molecule has 1 atom stereocenters. The SMILES string of the molecule is O=C(NC1CCCCC1)[C@@H](Cc1ccccc1)N(Cc1ccc(Cl)cc1Cl)C(=O)COc1ccccc1. The molecule has 3 aromatic carbocycles. The van der Waals surface area contributed by atoms with Gasteiger partial charge in [0.15, 0.2) is 6.61 Å². The molecule has 5 nitrogen and oxygen atoms in total. The van der Waals surface area contributed by atoms with E-state index in [2.05, 4.69) is 5.32 Å². The summed E-state index contributed by atoms with van der Waals surface area (Å²) >= 11 is 12.6. The number of ether oxygens (including phenoxy) is 1. The van der Waals surface area contributed by atoms with Crippen LogP contribution in [0.3, 0.4) is 0 Å². The van der Waals surface area contributed by atoms with E-state index in [0.29, 0.717) is 27.8 Å². The molecule has 7 heteroatoms. The van der Waals surface area contributed by atoms with Crippen LogP contribution in [0.15, 0.2) is 78.9 Å². The third-order valence-corrected chi connectivity index (χ3v) is 7.27. The number of halogens is 2. The van der Waals surface area contributed by atoms with Gasteiger partial charge in [-0.05, 0) is 48.2 Å². The second-order valence-electron chi connectivity index (χ2n) is 9.41. The van der Waals surface area contributed by atoms with Crippen molar-refractivity contribution in [1.82, 2.24) is 10.2 Å². The van der Waals surface area contributed by atoms with Crippen molar-refractivity contribution in [3.63, 3.8) is 0 Å². The fraction of sp³-hybridized carbons (Fsp3) is 0.333. The van der Waals surface area contributed by atoms with Crippen LogP contribution in [-0.4, -0.2) is 35.4 Å². The second-order valence-corrected chi connectivity index (χ2v) is 10.3. The van der Waals surface area contributed by atoms with Gasteiger partial charge in [-0.15, -0.1) is 0 Å². The maximum atomic E-state index is 13.8. The Bertz CT molecular complexity index is 1170. The lowest BCUT2D eigenvalue weighted by Gasteiger charge is -2.33. The van der Waals surface area contributed by atoms with Crippen LogP contribution in [0.25, 0.3) is 0 Å². The molecule has 0 heterocycles. The summed E-state index contributed by atoms with van der Waals surface area (Å²) in [6.45, 7) is -0.0419. The van der Waals surface area contributed by atoms with Crippen LogP contribution >= 0.6 is 23.2 Å². The molecule has 1 aliphatic rings. The molecule has 1 fully saturated rings. The van der Waals surface area contributed by atoms with Crippen LogP contribution in [0.2, 0.25) is 10.0 Å². The molecule has 3 aromatic rings. The van der Waals surface area contributed by atoms with Crippen LogP contribution < -0.4 is 10.1 Å². The first kappa shape index (κ1) is 27.0. The molecule has 4 rings (SSSR count). The standard InChI is InChI=1S/C30H32Cl2N2O3/c31-24-17-16-23(27(32)19-24)20-34(29(35)21-37-26-14-8-3-9-15-26)28(18-22-10-4-1-5-11-22)30(36)33-25-12-6-2-7-13-25/h1,3-5,8-11,14-17,19,25,28H,2,6-7,12-13,18,20-21H2,(H,33,36)/t28-/m1/s1. The van der Waals surface area contributed by atoms with E-state index in [4.69, 9.17) is 27.9 Å². The van der Waals surface area contributed by atoms with Crippen molar-refractivity contribution in [3.8, 4) is 5.75 Å². The number of carbonyl (C=O) groups is 2. The highest BCUT2D eigenvalue weighted by Gasteiger charge is 2.32. The Hall–Kier alpha value is -3.02. The predicted molar refractivity (Wildman–Crippen MR) is 148 cm³/mol. The fourth-order valence-corrected chi connectivity index (χ4v) is 5.14. The van der Waals surface area contributed by atoms with E-state index in [9.17, 15) is 9.59 Å². The van der Waals surface area contributed by atoms with Gasteiger partial charge < -0.3 is 15.0 Å². The summed E-state index contributed by atoms with van der Waals surface area (Å²) in [5.41, 5.74) is 1.68. The fourth-order valence-electron chi connectivity index (χ4n) is 4.68. The van der Waals surface area contributed by atoms with Crippen LogP contribution in [0.4, 0.5) is 0 Å². The quantitative estimate of drug-likeness (QED) is 0.322. The number of rotatable bonds is 10. The second kappa shape index (κ2) is 13.5. The molecule has 1 aliphatic carbocycles. The minimum Gasteiger partial charge on any atom is -0.484 e. The number of hydrogen-bond acceptors (Lipinski definition) is 3. The lowest BCUT2D eigenvalue weighted by atomic mass is 9.94. The number of para-hydroxylation sites is 1. The van der Waals surface area contributed by atoms with Gasteiger partial charge in [-0.3, -0.25) is 9.59 Å². The highest BCUT2D eigenvalue weighted by Crippen LogP contribution is 2.25. The van der Waals surface area contributed by atoms with Crippen molar-refractivity contribution in [2.24, 2.45) is 0 Å². The van der Waals surface area contributed by atoms with E-state index in [1.165, 1.54) is 6.42 Å². The Kier molecular flexibility index (Phi) is 9.86. The summed E-state index contributed by atoms with van der Waals surface area (Å²) in [5.74, 6) is 0.134. The molecule has 1 N–H and O–H groups in total. The predicted octanol–water partition coefficient (Wildman–Crippen LogP) is 6.46. The van der Waals surface area contributed by atoms with Gasteiger partial charge in [0, 0.05) is 29.1 Å². The Morgan fingerprint density at radius 2 is 1.59 bits per heavy atom. The first-order valence-corrected chi connectivity index (χ1v) is 13.5. The van der Waals surface area contributed by atoms with E-state index in [1.54, 1.807) is 35.2 Å². The van der Waals surface area contributed by atoms with Gasteiger partial charge in [0.25, 0.3) is 5.91 Å². The Morgan fingerprint density at radius 3 is 2.27 bits per heavy atom. The van der Waals surface area contributed by atoms with Crippen molar-refractivity contribution < 1.29 is 14.3 Å². The molecule has 0 unspecified atom stereocenters. The van der Waals surface area contributed by atoms with Crippen LogP contribution in [0.5, 0.6) is 5.75 Å². The van der Waals surface area contributed by atoms with Gasteiger partial charge in [-0.2, -0.15) is 0 Å². The Morgan fingerprint density at radius 1 is 0.919 bits per heavy atom. The number of benzene rings is 3. The summed E-state index contributed by atoms with van der Waals surface area (Å²) in [6.07, 6.45) is 5.68. The zero-order valence-electron chi connectivity index (χ0n) is 20.7. The van der Waals surface area contributed by atoms with Crippen molar-refractivity contribution in [1.29, 1.82) is 0 Å². The Labute approximate surface area is 228 Å². The first-order valence-electron chi connectivity index (χ1n) is 12.7. The minimum atomic E-state index is -0.733. The molecule has 2 amide bonds. The van der Waals surface area contributed by atoms with E-state index < -0.39 is 6.04 Å². The summed E-state index contributed by atoms with van der Waals surface area (Å²) in [7, 11) is 0. The monoisotopic (exact) mass is 538 g/mol. The highest BCUT2D eigenvalue weighted by molar-refractivity contribution is 6.35. The topological polar surface area (TPSA) is 58.6 Å². The molecule has 0 bridgehead atoms. The number of amides is 2. The van der Waals surface area contributed by atoms with Crippen LogP contribution in [0.1, 0.15) is 43.2 Å². The maximum absolute atomic E-state index is 13.8. The van der Waals surface area contributed by atoms with Crippen molar-refractivity contribution in [3.05, 3.63) is 100 Å². The summed E-state index contributed by atoms with van der Waals surface area (Å²) in [5, 5.41) is 4.18. The number of nitrogens with zero attached hydrogens (tertiary/aromatic N) is 1. The summed E-state index contributed by atoms with van der Waals surface area (Å²) in [6, 6.07) is 23.5. The minimum absolute atomic E-state index is 0.121. The van der Waals surface area contributed by atoms with Crippen LogP contribution in [-0.2, 0) is 22.6 Å². The lowest BCUT2D eigenvalue weighted by Crippen LogP contribution is -2.53. The van der Waals surface area contributed by atoms with Gasteiger partial charge >= 0.3 is 0 Å².